The standard InChI is InChI=1S/C14H17BrFNO2/c1-10(18)3-2-8-17-14(19)7-4-11-9-12(15)5-6-13(11)16/h4-7,9-10,18H,2-3,8H2,1H3,(H,17,19)/b7-4+. The van der Waals surface area contributed by atoms with Crippen LogP contribution in [0.15, 0.2) is 28.7 Å². The molecule has 0 radical (unpaired) electrons. The van der Waals surface area contributed by atoms with Crippen LogP contribution in [-0.4, -0.2) is 23.7 Å². The zero-order chi connectivity index (χ0) is 14.3. The third kappa shape index (κ3) is 6.50. The molecule has 3 nitrogen and oxygen atoms in total. The van der Waals surface area contributed by atoms with Gasteiger partial charge in [-0.2, -0.15) is 0 Å². The predicted molar refractivity (Wildman–Crippen MR) is 77.1 cm³/mol. The van der Waals surface area contributed by atoms with Gasteiger partial charge in [0.05, 0.1) is 6.10 Å². The predicted octanol–water partition coefficient (Wildman–Crippen LogP) is 2.88. The molecule has 0 aliphatic heterocycles. The molecule has 2 N–H and O–H groups in total. The summed E-state index contributed by atoms with van der Waals surface area (Å²) in [5.74, 6) is -0.647. The van der Waals surface area contributed by atoms with Crippen LogP contribution in [0.3, 0.4) is 0 Å². The summed E-state index contributed by atoms with van der Waals surface area (Å²) in [5.41, 5.74) is 0.355. The van der Waals surface area contributed by atoms with Crippen LogP contribution in [0.4, 0.5) is 4.39 Å². The van der Waals surface area contributed by atoms with Gasteiger partial charge in [0.15, 0.2) is 0 Å². The Hall–Kier alpha value is -1.20. The molecule has 1 aromatic carbocycles. The zero-order valence-electron chi connectivity index (χ0n) is 10.7. The van der Waals surface area contributed by atoms with Gasteiger partial charge in [-0.25, -0.2) is 4.39 Å². The van der Waals surface area contributed by atoms with Crippen molar-refractivity contribution in [3.05, 3.63) is 40.1 Å². The minimum atomic E-state index is -0.374. The largest absolute Gasteiger partial charge is 0.393 e. The summed E-state index contributed by atoms with van der Waals surface area (Å²) in [6.07, 6.45) is 3.73. The van der Waals surface area contributed by atoms with Crippen LogP contribution in [0.5, 0.6) is 0 Å². The smallest absolute Gasteiger partial charge is 0.244 e. The molecule has 0 aromatic heterocycles. The van der Waals surface area contributed by atoms with E-state index < -0.39 is 0 Å². The van der Waals surface area contributed by atoms with Gasteiger partial charge < -0.3 is 10.4 Å². The fraction of sp³-hybridized carbons (Fsp3) is 0.357. The summed E-state index contributed by atoms with van der Waals surface area (Å²) in [6.45, 7) is 2.20. The Morgan fingerprint density at radius 3 is 3.00 bits per heavy atom. The van der Waals surface area contributed by atoms with Gasteiger partial charge in [0.2, 0.25) is 5.91 Å². The van der Waals surface area contributed by atoms with Gasteiger partial charge in [0, 0.05) is 22.7 Å². The van der Waals surface area contributed by atoms with E-state index in [1.54, 1.807) is 19.1 Å². The van der Waals surface area contributed by atoms with Gasteiger partial charge >= 0.3 is 0 Å². The maximum atomic E-state index is 13.4. The van der Waals surface area contributed by atoms with Gasteiger partial charge in [-0.05, 0) is 44.0 Å². The molecule has 0 heterocycles. The Morgan fingerprint density at radius 2 is 2.32 bits per heavy atom. The SMILES string of the molecule is CC(O)CCCNC(=O)/C=C/c1cc(Br)ccc1F. The fourth-order valence-corrected chi connectivity index (χ4v) is 1.85. The van der Waals surface area contributed by atoms with Crippen molar-refractivity contribution in [3.8, 4) is 0 Å². The highest BCUT2D eigenvalue weighted by molar-refractivity contribution is 9.10. The van der Waals surface area contributed by atoms with Gasteiger partial charge in [-0.3, -0.25) is 4.79 Å². The van der Waals surface area contributed by atoms with Crippen LogP contribution in [0, 0.1) is 5.82 Å². The molecule has 104 valence electrons. The van der Waals surface area contributed by atoms with E-state index in [0.29, 0.717) is 24.9 Å². The lowest BCUT2D eigenvalue weighted by Gasteiger charge is -2.04. The molecule has 5 heteroatoms. The Kier molecular flexibility index (Phi) is 6.73. The molecule has 0 saturated carbocycles. The van der Waals surface area contributed by atoms with Crippen LogP contribution < -0.4 is 5.32 Å². The first kappa shape index (κ1) is 15.9. The molecule has 1 unspecified atom stereocenters. The number of halogens is 2. The lowest BCUT2D eigenvalue weighted by Crippen LogP contribution is -2.22. The number of hydrogen-bond donors (Lipinski definition) is 2. The van der Waals surface area contributed by atoms with Crippen LogP contribution in [-0.2, 0) is 4.79 Å². The quantitative estimate of drug-likeness (QED) is 0.622. The molecule has 0 fully saturated rings. The van der Waals surface area contributed by atoms with Crippen molar-refractivity contribution in [1.29, 1.82) is 0 Å². The second-order valence-corrected chi connectivity index (χ2v) is 5.20. The maximum absolute atomic E-state index is 13.4. The summed E-state index contributed by atoms with van der Waals surface area (Å²) in [4.78, 5) is 11.5. The van der Waals surface area contributed by atoms with Crippen LogP contribution in [0.2, 0.25) is 0 Å². The van der Waals surface area contributed by atoms with Crippen molar-refractivity contribution in [2.75, 3.05) is 6.54 Å². The lowest BCUT2D eigenvalue weighted by atomic mass is 10.2. The number of carbonyl (C=O) groups excluding carboxylic acids is 1. The topological polar surface area (TPSA) is 49.3 Å². The van der Waals surface area contributed by atoms with Gasteiger partial charge in [0.1, 0.15) is 5.82 Å². The molecule has 1 aromatic rings. The molecule has 0 saturated heterocycles. The molecule has 0 aliphatic rings. The van der Waals surface area contributed by atoms with E-state index in [1.165, 1.54) is 18.2 Å². The number of aliphatic hydroxyl groups excluding tert-OH is 1. The monoisotopic (exact) mass is 329 g/mol. The fourth-order valence-electron chi connectivity index (χ4n) is 1.48. The summed E-state index contributed by atoms with van der Waals surface area (Å²) < 4.78 is 14.1. The van der Waals surface area contributed by atoms with Crippen molar-refractivity contribution in [3.63, 3.8) is 0 Å². The third-order valence-corrected chi connectivity index (χ3v) is 2.96. The molecule has 1 atom stereocenters. The average Bonchev–Trinajstić information content (AvgIpc) is 2.35. The number of aliphatic hydroxyl groups is 1. The highest BCUT2D eigenvalue weighted by Crippen LogP contribution is 2.16. The Labute approximate surface area is 120 Å². The van der Waals surface area contributed by atoms with E-state index in [1.807, 2.05) is 0 Å². The molecule has 0 bridgehead atoms. The van der Waals surface area contributed by atoms with Crippen molar-refractivity contribution in [2.45, 2.75) is 25.9 Å². The summed E-state index contributed by atoms with van der Waals surface area (Å²) in [7, 11) is 0. The van der Waals surface area contributed by atoms with E-state index in [-0.39, 0.29) is 17.8 Å². The van der Waals surface area contributed by atoms with E-state index >= 15 is 0 Å². The van der Waals surface area contributed by atoms with E-state index in [4.69, 9.17) is 5.11 Å². The molecular formula is C14H17BrFNO2. The number of benzene rings is 1. The Bertz CT molecular complexity index is 461. The highest BCUT2D eigenvalue weighted by Gasteiger charge is 2.01. The first-order valence-corrected chi connectivity index (χ1v) is 6.87. The molecule has 0 aliphatic carbocycles. The first-order valence-electron chi connectivity index (χ1n) is 6.08. The second kappa shape index (κ2) is 8.07. The number of amides is 1. The average molecular weight is 330 g/mol. The molecule has 0 spiro atoms. The maximum Gasteiger partial charge on any atom is 0.244 e. The van der Waals surface area contributed by atoms with E-state index in [2.05, 4.69) is 21.2 Å². The normalized spacial score (nSPS) is 12.6. The minimum Gasteiger partial charge on any atom is -0.393 e. The molecule has 19 heavy (non-hydrogen) atoms. The zero-order valence-corrected chi connectivity index (χ0v) is 12.3. The van der Waals surface area contributed by atoms with Crippen molar-refractivity contribution >= 4 is 27.9 Å². The van der Waals surface area contributed by atoms with Gasteiger partial charge in [-0.15, -0.1) is 0 Å². The summed E-state index contributed by atoms with van der Waals surface area (Å²) in [6, 6.07) is 4.54. The van der Waals surface area contributed by atoms with Crippen LogP contribution in [0.25, 0.3) is 6.08 Å². The van der Waals surface area contributed by atoms with Gasteiger partial charge in [-0.1, -0.05) is 15.9 Å². The number of hydrogen-bond acceptors (Lipinski definition) is 2. The van der Waals surface area contributed by atoms with Crippen molar-refractivity contribution < 1.29 is 14.3 Å². The Morgan fingerprint density at radius 1 is 1.58 bits per heavy atom. The van der Waals surface area contributed by atoms with Crippen LogP contribution in [0.1, 0.15) is 25.3 Å². The van der Waals surface area contributed by atoms with Crippen molar-refractivity contribution in [2.24, 2.45) is 0 Å². The number of carbonyl (C=O) groups is 1. The third-order valence-electron chi connectivity index (χ3n) is 2.47. The second-order valence-electron chi connectivity index (χ2n) is 4.28. The lowest BCUT2D eigenvalue weighted by molar-refractivity contribution is -0.116. The number of nitrogens with one attached hydrogen (secondary N) is 1. The number of rotatable bonds is 6. The van der Waals surface area contributed by atoms with Crippen molar-refractivity contribution in [1.82, 2.24) is 5.32 Å². The summed E-state index contributed by atoms with van der Waals surface area (Å²) >= 11 is 3.24. The highest BCUT2D eigenvalue weighted by atomic mass is 79.9. The minimum absolute atomic E-state index is 0.273. The van der Waals surface area contributed by atoms with E-state index in [0.717, 1.165) is 4.47 Å². The molecule has 1 amide bonds. The van der Waals surface area contributed by atoms with Crippen LogP contribution >= 0.6 is 15.9 Å². The summed E-state index contributed by atoms with van der Waals surface area (Å²) in [5, 5.41) is 11.7. The molecule has 1 rings (SSSR count). The van der Waals surface area contributed by atoms with Gasteiger partial charge in [0.25, 0.3) is 0 Å². The van der Waals surface area contributed by atoms with E-state index in [9.17, 15) is 9.18 Å². The first-order chi connectivity index (χ1) is 8.99. The Balaban J connectivity index is 2.43. The molecular weight excluding hydrogens is 313 g/mol.